The molecule has 2 nitrogen and oxygen atoms in total. The smallest absolute Gasteiger partial charge is 0.0948 e. The molecule has 2 heteroatoms. The summed E-state index contributed by atoms with van der Waals surface area (Å²) in [6.07, 6.45) is 10.6. The molecule has 11 heavy (non-hydrogen) atoms. The van der Waals surface area contributed by atoms with Gasteiger partial charge in [-0.25, -0.2) is 4.98 Å². The Hall–Kier alpha value is -1.23. The van der Waals surface area contributed by atoms with E-state index in [1.54, 1.807) is 0 Å². The molecule has 0 amide bonds. The maximum absolute atomic E-state index is 5.16. The number of hydrogen-bond donors (Lipinski definition) is 0. The van der Waals surface area contributed by atoms with E-state index in [1.165, 1.54) is 5.69 Å². The van der Waals surface area contributed by atoms with Crippen molar-refractivity contribution in [2.45, 2.75) is 26.3 Å². The summed E-state index contributed by atoms with van der Waals surface area (Å²) in [5, 5.41) is 0. The molecular weight excluding hydrogens is 136 g/mol. The van der Waals surface area contributed by atoms with E-state index in [2.05, 4.69) is 22.4 Å². The molecular formula is C9H12N2. The van der Waals surface area contributed by atoms with Gasteiger partial charge < -0.3 is 4.57 Å². The summed E-state index contributed by atoms with van der Waals surface area (Å²) in [4.78, 5) is 4.04. The Balaban J connectivity index is 2.62. The molecule has 0 saturated carbocycles. The lowest BCUT2D eigenvalue weighted by atomic mass is 10.2. The zero-order chi connectivity index (χ0) is 8.10. The van der Waals surface area contributed by atoms with Crippen molar-refractivity contribution in [3.05, 3.63) is 18.2 Å². The molecule has 58 valence electrons. The van der Waals surface area contributed by atoms with Crippen molar-refractivity contribution in [2.24, 2.45) is 0 Å². The second kappa shape index (κ2) is 3.82. The number of hydrogen-bond acceptors (Lipinski definition) is 1. The Bertz CT molecular complexity index is 255. The largest absolute Gasteiger partial charge is 0.335 e. The van der Waals surface area contributed by atoms with Gasteiger partial charge in [0.2, 0.25) is 0 Å². The van der Waals surface area contributed by atoms with Gasteiger partial charge in [-0.15, -0.1) is 12.3 Å². The number of terminal acetylenes is 1. The highest BCUT2D eigenvalue weighted by atomic mass is 15.0. The minimum absolute atomic E-state index is 0.797. The van der Waals surface area contributed by atoms with Gasteiger partial charge in [-0.2, -0.15) is 0 Å². The van der Waals surface area contributed by atoms with Crippen LogP contribution in [0.3, 0.4) is 0 Å². The topological polar surface area (TPSA) is 17.8 Å². The van der Waals surface area contributed by atoms with Crippen LogP contribution < -0.4 is 0 Å². The van der Waals surface area contributed by atoms with Crippen LogP contribution >= 0.6 is 0 Å². The second-order valence-corrected chi connectivity index (χ2v) is 2.38. The lowest BCUT2D eigenvalue weighted by Gasteiger charge is -2.01. The van der Waals surface area contributed by atoms with Gasteiger partial charge in [-0.1, -0.05) is 0 Å². The predicted molar refractivity (Wildman–Crippen MR) is 45.1 cm³/mol. The van der Waals surface area contributed by atoms with Crippen molar-refractivity contribution < 1.29 is 0 Å². The molecule has 0 atom stereocenters. The van der Waals surface area contributed by atoms with Crippen molar-refractivity contribution in [3.63, 3.8) is 0 Å². The molecule has 1 rings (SSSR count). The average Bonchev–Trinajstić information content (AvgIpc) is 2.47. The van der Waals surface area contributed by atoms with E-state index >= 15 is 0 Å². The third-order valence-electron chi connectivity index (χ3n) is 1.66. The number of nitrogens with zero attached hydrogens (tertiary/aromatic N) is 2. The monoisotopic (exact) mass is 148 g/mol. The van der Waals surface area contributed by atoms with Gasteiger partial charge in [0.1, 0.15) is 0 Å². The third-order valence-corrected chi connectivity index (χ3v) is 1.66. The van der Waals surface area contributed by atoms with E-state index in [-0.39, 0.29) is 0 Å². The molecule has 0 bridgehead atoms. The first-order chi connectivity index (χ1) is 5.38. The standard InChI is InChI=1S/C9H12N2/c1-3-5-6-9-7-10-8-11(9)4-2/h1,7-8H,4-6H2,2H3. The molecule has 0 aliphatic rings. The van der Waals surface area contributed by atoms with Crippen molar-refractivity contribution >= 4 is 0 Å². The van der Waals surface area contributed by atoms with Crippen LogP contribution in [0.1, 0.15) is 19.0 Å². The van der Waals surface area contributed by atoms with Crippen LogP contribution in [0.2, 0.25) is 0 Å². The van der Waals surface area contributed by atoms with Gasteiger partial charge in [0.05, 0.1) is 6.33 Å². The average molecular weight is 148 g/mol. The fourth-order valence-corrected chi connectivity index (χ4v) is 1.04. The number of aryl methyl sites for hydroxylation is 2. The van der Waals surface area contributed by atoms with E-state index in [0.29, 0.717) is 0 Å². The van der Waals surface area contributed by atoms with Crippen LogP contribution in [-0.4, -0.2) is 9.55 Å². The van der Waals surface area contributed by atoms with Crippen molar-refractivity contribution in [1.29, 1.82) is 0 Å². The molecule has 0 spiro atoms. The highest BCUT2D eigenvalue weighted by Crippen LogP contribution is 2.01. The summed E-state index contributed by atoms with van der Waals surface area (Å²) in [5.41, 5.74) is 1.23. The summed E-state index contributed by atoms with van der Waals surface area (Å²) in [5.74, 6) is 2.62. The Labute approximate surface area is 67.3 Å². The van der Waals surface area contributed by atoms with E-state index < -0.39 is 0 Å². The first-order valence-electron chi connectivity index (χ1n) is 3.81. The van der Waals surface area contributed by atoms with Gasteiger partial charge in [-0.05, 0) is 6.92 Å². The minimum atomic E-state index is 0.797. The van der Waals surface area contributed by atoms with Crippen LogP contribution in [0.4, 0.5) is 0 Å². The van der Waals surface area contributed by atoms with E-state index in [9.17, 15) is 0 Å². The Morgan fingerprint density at radius 1 is 1.73 bits per heavy atom. The van der Waals surface area contributed by atoms with Gasteiger partial charge in [-0.3, -0.25) is 0 Å². The summed E-state index contributed by atoms with van der Waals surface area (Å²) >= 11 is 0. The summed E-state index contributed by atoms with van der Waals surface area (Å²) in [7, 11) is 0. The molecule has 0 fully saturated rings. The summed E-state index contributed by atoms with van der Waals surface area (Å²) in [6, 6.07) is 0. The number of imidazole rings is 1. The Morgan fingerprint density at radius 3 is 3.18 bits per heavy atom. The Kier molecular flexibility index (Phi) is 2.74. The van der Waals surface area contributed by atoms with Gasteiger partial charge in [0, 0.05) is 31.3 Å². The fraction of sp³-hybridized carbons (Fsp3) is 0.444. The fourth-order valence-electron chi connectivity index (χ4n) is 1.04. The summed E-state index contributed by atoms with van der Waals surface area (Å²) in [6.45, 7) is 3.07. The van der Waals surface area contributed by atoms with Gasteiger partial charge >= 0.3 is 0 Å². The molecule has 0 aliphatic carbocycles. The van der Waals surface area contributed by atoms with Crippen LogP contribution in [0.5, 0.6) is 0 Å². The zero-order valence-corrected chi connectivity index (χ0v) is 6.75. The van der Waals surface area contributed by atoms with Crippen molar-refractivity contribution in [3.8, 4) is 12.3 Å². The number of rotatable bonds is 3. The molecule has 0 aromatic carbocycles. The van der Waals surface area contributed by atoms with Crippen molar-refractivity contribution in [1.82, 2.24) is 9.55 Å². The van der Waals surface area contributed by atoms with Crippen LogP contribution in [0.15, 0.2) is 12.5 Å². The van der Waals surface area contributed by atoms with E-state index in [4.69, 9.17) is 6.42 Å². The SMILES string of the molecule is C#CCCc1cncn1CC. The van der Waals surface area contributed by atoms with Gasteiger partial charge in [0.25, 0.3) is 0 Å². The maximum atomic E-state index is 5.16. The summed E-state index contributed by atoms with van der Waals surface area (Å²) < 4.78 is 2.11. The lowest BCUT2D eigenvalue weighted by molar-refractivity contribution is 0.709. The van der Waals surface area contributed by atoms with E-state index in [1.807, 2.05) is 12.5 Å². The second-order valence-electron chi connectivity index (χ2n) is 2.38. The molecule has 0 aliphatic heterocycles. The van der Waals surface area contributed by atoms with E-state index in [0.717, 1.165) is 19.4 Å². The van der Waals surface area contributed by atoms with Crippen molar-refractivity contribution in [2.75, 3.05) is 0 Å². The molecule has 0 unspecified atom stereocenters. The molecule has 0 radical (unpaired) electrons. The van der Waals surface area contributed by atoms with Gasteiger partial charge in [0.15, 0.2) is 0 Å². The zero-order valence-electron chi connectivity index (χ0n) is 6.75. The highest BCUT2D eigenvalue weighted by molar-refractivity contribution is 5.01. The minimum Gasteiger partial charge on any atom is -0.335 e. The maximum Gasteiger partial charge on any atom is 0.0948 e. The quantitative estimate of drug-likeness (QED) is 0.593. The van der Waals surface area contributed by atoms with Crippen LogP contribution in [-0.2, 0) is 13.0 Å². The number of aromatic nitrogens is 2. The molecule has 1 aromatic heterocycles. The molecule has 1 aromatic rings. The normalized spacial score (nSPS) is 9.45. The van der Waals surface area contributed by atoms with Crippen LogP contribution in [0, 0.1) is 12.3 Å². The molecule has 1 heterocycles. The molecule has 0 N–H and O–H groups in total. The Morgan fingerprint density at radius 2 is 2.55 bits per heavy atom. The van der Waals surface area contributed by atoms with Crippen LogP contribution in [0.25, 0.3) is 0 Å². The highest BCUT2D eigenvalue weighted by Gasteiger charge is 1.97. The first kappa shape index (κ1) is 7.87. The lowest BCUT2D eigenvalue weighted by Crippen LogP contribution is -1.98. The predicted octanol–water partition coefficient (Wildman–Crippen LogP) is 1.47. The third kappa shape index (κ3) is 1.84. The molecule has 0 saturated heterocycles. The first-order valence-corrected chi connectivity index (χ1v) is 3.81.